The molecule has 5 heteroatoms. The van der Waals surface area contributed by atoms with Crippen molar-refractivity contribution < 1.29 is 4.92 Å². The van der Waals surface area contributed by atoms with E-state index in [2.05, 4.69) is 29.2 Å². The molecule has 0 spiro atoms. The number of fused-ring (bicyclic) bond motifs is 1. The topological polar surface area (TPSA) is 56.0 Å². The van der Waals surface area contributed by atoms with Crippen LogP contribution < -0.4 is 0 Å². The molecule has 0 aliphatic carbocycles. The average Bonchev–Trinajstić information content (AvgIpc) is 2.48. The molecule has 3 rings (SSSR count). The van der Waals surface area contributed by atoms with Crippen LogP contribution in [-0.4, -0.2) is 9.91 Å². The molecule has 3 aromatic rings. The van der Waals surface area contributed by atoms with Crippen molar-refractivity contribution in [2.24, 2.45) is 0 Å². The summed E-state index contributed by atoms with van der Waals surface area (Å²) in [5, 5.41) is 13.7. The van der Waals surface area contributed by atoms with Gasteiger partial charge in [-0.3, -0.25) is 10.1 Å². The maximum absolute atomic E-state index is 10.6. The second-order valence-electron chi connectivity index (χ2n) is 4.22. The number of pyridine rings is 1. The van der Waals surface area contributed by atoms with Crippen molar-refractivity contribution in [3.05, 3.63) is 70.9 Å². The van der Waals surface area contributed by atoms with E-state index in [1.807, 2.05) is 18.2 Å². The third kappa shape index (κ3) is 2.62. The van der Waals surface area contributed by atoms with E-state index in [1.165, 1.54) is 34.8 Å². The molecule has 0 atom stereocenters. The Morgan fingerprint density at radius 3 is 2.50 bits per heavy atom. The number of benzene rings is 2. The Kier molecular flexibility index (Phi) is 3.35. The maximum atomic E-state index is 10.6. The van der Waals surface area contributed by atoms with Gasteiger partial charge in [0, 0.05) is 11.0 Å². The van der Waals surface area contributed by atoms with Gasteiger partial charge in [0.2, 0.25) is 0 Å². The van der Waals surface area contributed by atoms with Crippen LogP contribution in [0.3, 0.4) is 0 Å². The predicted molar refractivity (Wildman–Crippen MR) is 79.0 cm³/mol. The van der Waals surface area contributed by atoms with Crippen molar-refractivity contribution in [2.75, 3.05) is 0 Å². The molecule has 0 aliphatic heterocycles. The van der Waals surface area contributed by atoms with Crippen molar-refractivity contribution in [2.45, 2.75) is 9.92 Å². The lowest BCUT2D eigenvalue weighted by Crippen LogP contribution is -1.89. The molecule has 98 valence electrons. The van der Waals surface area contributed by atoms with Gasteiger partial charge in [-0.1, -0.05) is 42.1 Å². The zero-order chi connectivity index (χ0) is 13.9. The standard InChI is InChI=1S/C15H10N2O2S/c18-17(19)13-6-8-15(16-10-13)20-14-7-5-11-3-1-2-4-12(11)9-14/h1-10H. The molecule has 2 aromatic carbocycles. The summed E-state index contributed by atoms with van der Waals surface area (Å²) >= 11 is 1.49. The van der Waals surface area contributed by atoms with E-state index in [4.69, 9.17) is 0 Å². The molecule has 0 N–H and O–H groups in total. The molecular weight excluding hydrogens is 272 g/mol. The molecule has 1 heterocycles. The minimum absolute atomic E-state index is 0.00728. The summed E-state index contributed by atoms with van der Waals surface area (Å²) in [4.78, 5) is 15.3. The molecule has 0 radical (unpaired) electrons. The van der Waals surface area contributed by atoms with Gasteiger partial charge in [-0.25, -0.2) is 4.98 Å². The summed E-state index contributed by atoms with van der Waals surface area (Å²) in [5.74, 6) is 0. The minimum atomic E-state index is -0.447. The second kappa shape index (κ2) is 5.30. The van der Waals surface area contributed by atoms with Crippen LogP contribution in [0.2, 0.25) is 0 Å². The smallest absolute Gasteiger partial charge is 0.258 e. The summed E-state index contributed by atoms with van der Waals surface area (Å²) in [6, 6.07) is 17.4. The molecule has 0 aliphatic rings. The Morgan fingerprint density at radius 2 is 1.80 bits per heavy atom. The van der Waals surface area contributed by atoms with Crippen molar-refractivity contribution in [1.82, 2.24) is 4.98 Å². The second-order valence-corrected chi connectivity index (χ2v) is 5.32. The first-order chi connectivity index (χ1) is 9.72. The van der Waals surface area contributed by atoms with Gasteiger partial charge < -0.3 is 0 Å². The van der Waals surface area contributed by atoms with Gasteiger partial charge in [0.1, 0.15) is 11.2 Å². The SMILES string of the molecule is O=[N+]([O-])c1ccc(Sc2ccc3ccccc3c2)nc1. The van der Waals surface area contributed by atoms with Gasteiger partial charge in [-0.15, -0.1) is 0 Å². The normalized spacial score (nSPS) is 10.6. The zero-order valence-corrected chi connectivity index (χ0v) is 11.2. The van der Waals surface area contributed by atoms with Crippen LogP contribution in [0.15, 0.2) is 70.7 Å². The largest absolute Gasteiger partial charge is 0.287 e. The Labute approximate surface area is 119 Å². The Bertz CT molecular complexity index is 772. The number of hydrogen-bond acceptors (Lipinski definition) is 4. The average molecular weight is 282 g/mol. The predicted octanol–water partition coefficient (Wildman–Crippen LogP) is 4.29. The first kappa shape index (κ1) is 12.6. The van der Waals surface area contributed by atoms with Crippen LogP contribution in [0.5, 0.6) is 0 Å². The zero-order valence-electron chi connectivity index (χ0n) is 10.4. The third-order valence-corrected chi connectivity index (χ3v) is 3.82. The third-order valence-electron chi connectivity index (χ3n) is 2.87. The van der Waals surface area contributed by atoms with E-state index in [-0.39, 0.29) is 5.69 Å². The van der Waals surface area contributed by atoms with E-state index in [0.29, 0.717) is 0 Å². The van der Waals surface area contributed by atoms with Crippen LogP contribution >= 0.6 is 11.8 Å². The highest BCUT2D eigenvalue weighted by Gasteiger charge is 2.06. The number of rotatable bonds is 3. The number of nitro groups is 1. The molecule has 0 unspecified atom stereocenters. The number of hydrogen-bond donors (Lipinski definition) is 0. The molecule has 1 aromatic heterocycles. The summed E-state index contributed by atoms with van der Waals surface area (Å²) in [6.45, 7) is 0. The van der Waals surface area contributed by atoms with Crippen molar-refractivity contribution in [3.8, 4) is 0 Å². The summed E-state index contributed by atoms with van der Waals surface area (Å²) in [5.41, 5.74) is 0.00728. The van der Waals surface area contributed by atoms with Crippen LogP contribution in [-0.2, 0) is 0 Å². The monoisotopic (exact) mass is 282 g/mol. The lowest BCUT2D eigenvalue weighted by Gasteiger charge is -2.03. The molecule has 0 saturated carbocycles. The van der Waals surface area contributed by atoms with E-state index >= 15 is 0 Å². The van der Waals surface area contributed by atoms with Gasteiger partial charge >= 0.3 is 0 Å². The first-order valence-corrected chi connectivity index (χ1v) is 6.81. The summed E-state index contributed by atoms with van der Waals surface area (Å²) < 4.78 is 0. The van der Waals surface area contributed by atoms with Gasteiger partial charge in [0.05, 0.1) is 4.92 Å². The maximum Gasteiger partial charge on any atom is 0.287 e. The van der Waals surface area contributed by atoms with E-state index in [1.54, 1.807) is 6.07 Å². The molecule has 0 bridgehead atoms. The fraction of sp³-hybridized carbons (Fsp3) is 0. The highest BCUT2D eigenvalue weighted by atomic mass is 32.2. The van der Waals surface area contributed by atoms with Gasteiger partial charge in [0.15, 0.2) is 0 Å². The molecule has 0 saturated heterocycles. The lowest BCUT2D eigenvalue weighted by atomic mass is 10.1. The Hall–Kier alpha value is -2.40. The van der Waals surface area contributed by atoms with Crippen molar-refractivity contribution in [3.63, 3.8) is 0 Å². The van der Waals surface area contributed by atoms with Crippen LogP contribution in [0.4, 0.5) is 5.69 Å². The molecule has 20 heavy (non-hydrogen) atoms. The van der Waals surface area contributed by atoms with E-state index < -0.39 is 4.92 Å². The lowest BCUT2D eigenvalue weighted by molar-refractivity contribution is -0.385. The van der Waals surface area contributed by atoms with Crippen LogP contribution in [0.25, 0.3) is 10.8 Å². The van der Waals surface area contributed by atoms with E-state index in [9.17, 15) is 10.1 Å². The first-order valence-electron chi connectivity index (χ1n) is 5.99. The fourth-order valence-electron chi connectivity index (χ4n) is 1.89. The van der Waals surface area contributed by atoms with Gasteiger partial charge in [-0.05, 0) is 29.0 Å². The molecule has 0 fully saturated rings. The summed E-state index contributed by atoms with van der Waals surface area (Å²) in [6.07, 6.45) is 1.28. The van der Waals surface area contributed by atoms with Crippen LogP contribution in [0.1, 0.15) is 0 Å². The van der Waals surface area contributed by atoms with E-state index in [0.717, 1.165) is 9.92 Å². The number of nitrogens with zero attached hydrogens (tertiary/aromatic N) is 2. The van der Waals surface area contributed by atoms with Crippen molar-refractivity contribution in [1.29, 1.82) is 0 Å². The molecule has 4 nitrogen and oxygen atoms in total. The Balaban J connectivity index is 1.87. The fourth-order valence-corrected chi connectivity index (χ4v) is 2.70. The minimum Gasteiger partial charge on any atom is -0.258 e. The molecule has 0 amide bonds. The van der Waals surface area contributed by atoms with Crippen LogP contribution in [0, 0.1) is 10.1 Å². The van der Waals surface area contributed by atoms with Gasteiger partial charge in [-0.2, -0.15) is 0 Å². The van der Waals surface area contributed by atoms with Gasteiger partial charge in [0.25, 0.3) is 5.69 Å². The Morgan fingerprint density at radius 1 is 1.00 bits per heavy atom. The highest BCUT2D eigenvalue weighted by Crippen LogP contribution is 2.29. The molecular formula is C15H10N2O2S. The summed E-state index contributed by atoms with van der Waals surface area (Å²) in [7, 11) is 0. The van der Waals surface area contributed by atoms with Crippen molar-refractivity contribution >= 4 is 28.2 Å². The highest BCUT2D eigenvalue weighted by molar-refractivity contribution is 7.99. The quantitative estimate of drug-likeness (QED) is 0.531. The number of aromatic nitrogens is 1.